The van der Waals surface area contributed by atoms with Crippen LogP contribution in [-0.2, 0) is 24.0 Å². The molecule has 0 fully saturated rings. The minimum Gasteiger partial charge on any atom is -0.481 e. The van der Waals surface area contributed by atoms with E-state index in [-0.39, 0.29) is 19.3 Å². The van der Waals surface area contributed by atoms with Gasteiger partial charge in [0.05, 0.1) is 12.1 Å². The van der Waals surface area contributed by atoms with Crippen molar-refractivity contribution in [2.24, 2.45) is 11.5 Å². The van der Waals surface area contributed by atoms with E-state index in [1.54, 1.807) is 0 Å². The average molecular weight is 447 g/mol. The topological polar surface area (TPSA) is 234 Å². The molecule has 0 heterocycles. The van der Waals surface area contributed by atoms with Crippen LogP contribution in [0, 0.1) is 0 Å². The first-order valence-corrected chi connectivity index (χ1v) is 9.90. The number of carboxylic acids is 2. The lowest BCUT2D eigenvalue weighted by Crippen LogP contribution is -2.59. The number of carboxylic acid groups (broad SMARTS) is 2. The van der Waals surface area contributed by atoms with Gasteiger partial charge in [0.2, 0.25) is 17.7 Å². The minimum atomic E-state index is -1.47. The first-order valence-electron chi connectivity index (χ1n) is 9.90. The lowest BCUT2D eigenvalue weighted by Gasteiger charge is -2.25. The van der Waals surface area contributed by atoms with E-state index >= 15 is 0 Å². The number of carbonyl (C=O) groups excluding carboxylic acids is 3. The number of aliphatic carboxylic acids is 2. The molecule has 0 aromatic heterocycles. The van der Waals surface area contributed by atoms with Crippen LogP contribution in [0.15, 0.2) is 0 Å². The van der Waals surface area contributed by atoms with Crippen molar-refractivity contribution in [1.29, 1.82) is 0 Å². The van der Waals surface area contributed by atoms with E-state index in [1.165, 1.54) is 13.8 Å². The van der Waals surface area contributed by atoms with Gasteiger partial charge in [0.1, 0.15) is 18.1 Å². The number of carbonyl (C=O) groups is 5. The number of amides is 3. The van der Waals surface area contributed by atoms with Crippen molar-refractivity contribution in [3.63, 3.8) is 0 Å². The highest BCUT2D eigenvalue weighted by Crippen LogP contribution is 2.03. The predicted octanol–water partition coefficient (Wildman–Crippen LogP) is -2.75. The van der Waals surface area contributed by atoms with Crippen LogP contribution in [0.4, 0.5) is 0 Å². The van der Waals surface area contributed by atoms with Gasteiger partial charge in [-0.25, -0.2) is 4.79 Å². The van der Waals surface area contributed by atoms with Gasteiger partial charge in [0.25, 0.3) is 0 Å². The zero-order valence-corrected chi connectivity index (χ0v) is 17.7. The molecule has 0 bridgehead atoms. The molecule has 0 aliphatic heterocycles. The van der Waals surface area contributed by atoms with E-state index in [0.29, 0.717) is 19.4 Å². The summed E-state index contributed by atoms with van der Waals surface area (Å²) >= 11 is 0. The summed E-state index contributed by atoms with van der Waals surface area (Å²) in [6.45, 7) is 2.91. The number of hydrogen-bond donors (Lipinski definition) is 8. The van der Waals surface area contributed by atoms with Crippen LogP contribution in [0.5, 0.6) is 0 Å². The molecule has 13 heteroatoms. The summed E-state index contributed by atoms with van der Waals surface area (Å²) in [5.74, 6) is -4.87. The van der Waals surface area contributed by atoms with Crippen LogP contribution in [-0.4, -0.2) is 81.8 Å². The Balaban J connectivity index is 4.93. The third-order valence-corrected chi connectivity index (χ3v) is 4.38. The first-order chi connectivity index (χ1) is 14.4. The maximum atomic E-state index is 12.4. The van der Waals surface area contributed by atoms with Crippen LogP contribution in [0.3, 0.4) is 0 Å². The monoisotopic (exact) mass is 447 g/mol. The van der Waals surface area contributed by atoms with Gasteiger partial charge in [-0.05, 0) is 46.1 Å². The van der Waals surface area contributed by atoms with Gasteiger partial charge < -0.3 is 42.7 Å². The molecule has 0 saturated carbocycles. The van der Waals surface area contributed by atoms with E-state index in [0.717, 1.165) is 0 Å². The van der Waals surface area contributed by atoms with E-state index < -0.39 is 59.9 Å². The lowest BCUT2D eigenvalue weighted by molar-refractivity contribution is -0.143. The molecule has 13 nitrogen and oxygen atoms in total. The van der Waals surface area contributed by atoms with Crippen LogP contribution in [0.25, 0.3) is 0 Å². The molecule has 0 spiro atoms. The molecule has 0 radical (unpaired) electrons. The number of hydrogen-bond acceptors (Lipinski definition) is 8. The molecule has 5 unspecified atom stereocenters. The maximum Gasteiger partial charge on any atom is 0.326 e. The maximum absolute atomic E-state index is 12.4. The Labute approximate surface area is 179 Å². The Morgan fingerprint density at radius 1 is 0.871 bits per heavy atom. The van der Waals surface area contributed by atoms with E-state index in [1.807, 2.05) is 0 Å². The minimum absolute atomic E-state index is 0.124. The zero-order valence-electron chi connectivity index (χ0n) is 17.7. The van der Waals surface area contributed by atoms with Gasteiger partial charge >= 0.3 is 11.9 Å². The SMILES string of the molecule is CC(NC(=O)C(N)CCC(=O)O)C(=O)NC(C(=O)NC(CCCCN)C(=O)O)C(C)O. The summed E-state index contributed by atoms with van der Waals surface area (Å²) in [5, 5.41) is 34.6. The van der Waals surface area contributed by atoms with Crippen LogP contribution in [0.2, 0.25) is 0 Å². The van der Waals surface area contributed by atoms with Gasteiger partial charge in [-0.3, -0.25) is 19.2 Å². The third kappa shape index (κ3) is 11.3. The number of rotatable bonds is 15. The van der Waals surface area contributed by atoms with Gasteiger partial charge in [0, 0.05) is 6.42 Å². The standard InChI is InChI=1S/C18H33N5O8/c1-9(21-16(28)11(20)6-7-13(25)26)15(27)23-14(10(2)24)17(29)22-12(18(30)31)5-3-4-8-19/h9-12,14,24H,3-8,19-20H2,1-2H3,(H,21,28)(H,22,29)(H,23,27)(H,25,26)(H,30,31). The van der Waals surface area contributed by atoms with E-state index in [9.17, 15) is 34.2 Å². The van der Waals surface area contributed by atoms with Crippen LogP contribution >= 0.6 is 0 Å². The smallest absolute Gasteiger partial charge is 0.326 e. The summed E-state index contributed by atoms with van der Waals surface area (Å²) in [6, 6.07) is -4.99. The summed E-state index contributed by atoms with van der Waals surface area (Å²) in [6.07, 6.45) is -0.653. The molecule has 0 aliphatic rings. The summed E-state index contributed by atoms with van der Waals surface area (Å²) < 4.78 is 0. The fourth-order valence-corrected chi connectivity index (χ4v) is 2.49. The summed E-state index contributed by atoms with van der Waals surface area (Å²) in [4.78, 5) is 58.6. The van der Waals surface area contributed by atoms with Crippen LogP contribution < -0.4 is 27.4 Å². The predicted molar refractivity (Wildman–Crippen MR) is 109 cm³/mol. The van der Waals surface area contributed by atoms with Crippen molar-refractivity contribution in [2.45, 2.75) is 76.2 Å². The fourth-order valence-electron chi connectivity index (χ4n) is 2.49. The van der Waals surface area contributed by atoms with Crippen molar-refractivity contribution < 1.29 is 39.3 Å². The Morgan fingerprint density at radius 3 is 1.97 bits per heavy atom. The molecule has 0 rings (SSSR count). The third-order valence-electron chi connectivity index (χ3n) is 4.38. The van der Waals surface area contributed by atoms with Gasteiger partial charge in [0.15, 0.2) is 0 Å². The van der Waals surface area contributed by atoms with Gasteiger partial charge in [-0.2, -0.15) is 0 Å². The molecular formula is C18H33N5O8. The fraction of sp³-hybridized carbons (Fsp3) is 0.722. The number of unbranched alkanes of at least 4 members (excludes halogenated alkanes) is 1. The van der Waals surface area contributed by atoms with Crippen LogP contribution in [0.1, 0.15) is 46.0 Å². The van der Waals surface area contributed by atoms with Gasteiger partial charge in [-0.15, -0.1) is 0 Å². The average Bonchev–Trinajstić information content (AvgIpc) is 2.68. The molecule has 0 aromatic carbocycles. The van der Waals surface area contributed by atoms with Gasteiger partial charge in [-0.1, -0.05) is 0 Å². The second-order valence-electron chi connectivity index (χ2n) is 7.18. The summed E-state index contributed by atoms with van der Waals surface area (Å²) in [5.41, 5.74) is 10.9. The quantitative estimate of drug-likeness (QED) is 0.120. The highest BCUT2D eigenvalue weighted by Gasteiger charge is 2.31. The summed E-state index contributed by atoms with van der Waals surface area (Å²) in [7, 11) is 0. The van der Waals surface area contributed by atoms with Crippen molar-refractivity contribution in [2.75, 3.05) is 6.54 Å². The molecule has 0 saturated heterocycles. The number of nitrogens with two attached hydrogens (primary N) is 2. The van der Waals surface area contributed by atoms with Crippen molar-refractivity contribution in [1.82, 2.24) is 16.0 Å². The van der Waals surface area contributed by atoms with Crippen molar-refractivity contribution in [3.05, 3.63) is 0 Å². The highest BCUT2D eigenvalue weighted by molar-refractivity contribution is 5.94. The molecule has 178 valence electrons. The normalized spacial score (nSPS) is 15.6. The van der Waals surface area contributed by atoms with Crippen molar-refractivity contribution in [3.8, 4) is 0 Å². The lowest BCUT2D eigenvalue weighted by atomic mass is 10.1. The Morgan fingerprint density at radius 2 is 1.48 bits per heavy atom. The largest absolute Gasteiger partial charge is 0.481 e. The highest BCUT2D eigenvalue weighted by atomic mass is 16.4. The van der Waals surface area contributed by atoms with Crippen molar-refractivity contribution >= 4 is 29.7 Å². The second kappa shape index (κ2) is 14.3. The number of aliphatic hydroxyl groups excluding tert-OH is 1. The molecule has 0 aliphatic carbocycles. The zero-order chi connectivity index (χ0) is 24.1. The Kier molecular flexibility index (Phi) is 13.0. The molecule has 5 atom stereocenters. The van der Waals surface area contributed by atoms with E-state index in [4.69, 9.17) is 16.6 Å². The number of nitrogens with one attached hydrogen (secondary N) is 3. The molecular weight excluding hydrogens is 414 g/mol. The Bertz CT molecular complexity index is 642. The Hall–Kier alpha value is -2.77. The molecule has 10 N–H and O–H groups in total. The second-order valence-corrected chi connectivity index (χ2v) is 7.18. The first kappa shape index (κ1) is 28.2. The molecule has 0 aromatic rings. The number of aliphatic hydroxyl groups is 1. The molecule has 3 amide bonds. The molecule has 31 heavy (non-hydrogen) atoms. The van der Waals surface area contributed by atoms with E-state index in [2.05, 4.69) is 16.0 Å².